The Morgan fingerprint density at radius 2 is 2.08 bits per heavy atom. The zero-order valence-corrected chi connectivity index (χ0v) is 7.70. The number of nitrogens with zero attached hydrogens (tertiary/aromatic N) is 1. The number of carboxylic acids is 1. The van der Waals surface area contributed by atoms with E-state index < -0.39 is 5.97 Å². The van der Waals surface area contributed by atoms with Crippen LogP contribution in [0.1, 0.15) is 32.1 Å². The van der Waals surface area contributed by atoms with Crippen LogP contribution in [0.2, 0.25) is 0 Å². The molecule has 13 heavy (non-hydrogen) atoms. The summed E-state index contributed by atoms with van der Waals surface area (Å²) >= 11 is 0. The molecule has 0 radical (unpaired) electrons. The molecule has 3 aliphatic rings. The summed E-state index contributed by atoms with van der Waals surface area (Å²) in [6, 6.07) is 0.742. The van der Waals surface area contributed by atoms with Gasteiger partial charge in [0.1, 0.15) is 0 Å². The van der Waals surface area contributed by atoms with E-state index in [1.807, 2.05) is 0 Å². The lowest BCUT2D eigenvalue weighted by Gasteiger charge is -2.22. The average molecular weight is 181 g/mol. The highest BCUT2D eigenvalue weighted by Gasteiger charge is 2.58. The largest absolute Gasteiger partial charge is 0.481 e. The van der Waals surface area contributed by atoms with Crippen molar-refractivity contribution >= 4 is 5.97 Å². The van der Waals surface area contributed by atoms with Crippen LogP contribution in [0, 0.1) is 5.92 Å². The quantitative estimate of drug-likeness (QED) is 0.693. The second-order valence-corrected chi connectivity index (χ2v) is 4.85. The Hall–Kier alpha value is -0.570. The van der Waals surface area contributed by atoms with Crippen LogP contribution in [0.5, 0.6) is 0 Å². The minimum atomic E-state index is -0.588. The Kier molecular flexibility index (Phi) is 1.36. The Balaban J connectivity index is 1.77. The molecule has 1 atom stereocenters. The molecule has 2 aliphatic carbocycles. The molecular formula is C10H15NO2. The van der Waals surface area contributed by atoms with Gasteiger partial charge in [-0.25, -0.2) is 0 Å². The molecule has 0 aromatic rings. The fraction of sp³-hybridized carbons (Fsp3) is 0.900. The normalized spacial score (nSPS) is 36.8. The Bertz CT molecular complexity index is 256. The van der Waals surface area contributed by atoms with Crippen LogP contribution in [0.25, 0.3) is 0 Å². The molecule has 0 amide bonds. The van der Waals surface area contributed by atoms with Crippen LogP contribution in [0.15, 0.2) is 0 Å². The molecule has 72 valence electrons. The Morgan fingerprint density at radius 3 is 2.54 bits per heavy atom. The van der Waals surface area contributed by atoms with Gasteiger partial charge in [0.2, 0.25) is 0 Å². The molecule has 1 saturated heterocycles. The molecule has 3 nitrogen and oxygen atoms in total. The maximum absolute atomic E-state index is 10.9. The molecule has 1 aliphatic heterocycles. The van der Waals surface area contributed by atoms with E-state index in [4.69, 9.17) is 5.11 Å². The highest BCUT2D eigenvalue weighted by molar-refractivity contribution is 5.71. The predicted molar refractivity (Wildman–Crippen MR) is 47.4 cm³/mol. The van der Waals surface area contributed by atoms with Crippen LogP contribution in [-0.2, 0) is 4.79 Å². The second-order valence-electron chi connectivity index (χ2n) is 4.85. The summed E-state index contributed by atoms with van der Waals surface area (Å²) in [5.74, 6) is -0.669. The van der Waals surface area contributed by atoms with E-state index in [-0.39, 0.29) is 5.92 Å². The summed E-state index contributed by atoms with van der Waals surface area (Å²) < 4.78 is 0. The summed E-state index contributed by atoms with van der Waals surface area (Å²) in [5.41, 5.74) is 0.351. The van der Waals surface area contributed by atoms with Crippen molar-refractivity contribution in [3.05, 3.63) is 0 Å². The predicted octanol–water partition coefficient (Wildman–Crippen LogP) is 1.09. The average Bonchev–Trinajstić information content (AvgIpc) is 2.91. The highest BCUT2D eigenvalue weighted by atomic mass is 16.4. The van der Waals surface area contributed by atoms with Crippen molar-refractivity contribution in [2.75, 3.05) is 6.54 Å². The van der Waals surface area contributed by atoms with Crippen LogP contribution >= 0.6 is 0 Å². The summed E-state index contributed by atoms with van der Waals surface area (Å²) in [4.78, 5) is 13.4. The number of carboxylic acid groups (broad SMARTS) is 1. The summed E-state index contributed by atoms with van der Waals surface area (Å²) in [6.45, 7) is 0.819. The van der Waals surface area contributed by atoms with Gasteiger partial charge in [0.05, 0.1) is 5.92 Å². The molecule has 1 N–H and O–H groups in total. The molecular weight excluding hydrogens is 166 g/mol. The summed E-state index contributed by atoms with van der Waals surface area (Å²) in [5, 5.41) is 8.97. The Labute approximate surface area is 77.7 Å². The first-order valence-corrected chi connectivity index (χ1v) is 5.21. The van der Waals surface area contributed by atoms with Gasteiger partial charge in [-0.1, -0.05) is 0 Å². The minimum Gasteiger partial charge on any atom is -0.481 e. The fourth-order valence-electron chi connectivity index (χ4n) is 2.80. The van der Waals surface area contributed by atoms with Crippen LogP contribution < -0.4 is 0 Å². The van der Waals surface area contributed by atoms with Crippen LogP contribution in [0.4, 0.5) is 0 Å². The molecule has 1 heterocycles. The van der Waals surface area contributed by atoms with E-state index in [1.54, 1.807) is 0 Å². The molecule has 0 bridgehead atoms. The number of likely N-dealkylation sites (tertiary alicyclic amines) is 1. The van der Waals surface area contributed by atoms with E-state index in [9.17, 15) is 4.79 Å². The van der Waals surface area contributed by atoms with E-state index >= 15 is 0 Å². The monoisotopic (exact) mass is 181 g/mol. The molecule has 1 spiro atoms. The lowest BCUT2D eigenvalue weighted by molar-refractivity contribution is -0.141. The van der Waals surface area contributed by atoms with Crippen molar-refractivity contribution in [3.8, 4) is 0 Å². The minimum absolute atomic E-state index is 0.0805. The molecule has 2 saturated carbocycles. The van der Waals surface area contributed by atoms with Crippen molar-refractivity contribution in [2.24, 2.45) is 5.92 Å². The van der Waals surface area contributed by atoms with E-state index in [0.29, 0.717) is 5.54 Å². The molecule has 1 unspecified atom stereocenters. The zero-order chi connectivity index (χ0) is 9.05. The third-order valence-corrected chi connectivity index (χ3v) is 3.82. The van der Waals surface area contributed by atoms with Crippen molar-refractivity contribution in [1.82, 2.24) is 4.90 Å². The molecule has 3 fully saturated rings. The highest BCUT2D eigenvalue weighted by Crippen LogP contribution is 2.55. The third kappa shape index (κ3) is 1.10. The number of hydrogen-bond acceptors (Lipinski definition) is 2. The van der Waals surface area contributed by atoms with Crippen molar-refractivity contribution < 1.29 is 9.90 Å². The standard InChI is InChI=1S/C10H15NO2/c12-9(13)7-5-10(3-4-10)11(6-7)8-1-2-8/h7-8H,1-6H2,(H,12,13). The van der Waals surface area contributed by atoms with E-state index in [1.165, 1.54) is 25.7 Å². The topological polar surface area (TPSA) is 40.5 Å². The maximum Gasteiger partial charge on any atom is 0.307 e. The van der Waals surface area contributed by atoms with Crippen molar-refractivity contribution in [3.63, 3.8) is 0 Å². The van der Waals surface area contributed by atoms with E-state index in [0.717, 1.165) is 19.0 Å². The molecule has 0 aromatic carbocycles. The van der Waals surface area contributed by atoms with Gasteiger partial charge >= 0.3 is 5.97 Å². The van der Waals surface area contributed by atoms with Gasteiger partial charge < -0.3 is 5.11 Å². The lowest BCUT2D eigenvalue weighted by Crippen LogP contribution is -2.33. The lowest BCUT2D eigenvalue weighted by atomic mass is 10.1. The van der Waals surface area contributed by atoms with Gasteiger partial charge in [-0.15, -0.1) is 0 Å². The van der Waals surface area contributed by atoms with E-state index in [2.05, 4.69) is 4.90 Å². The van der Waals surface area contributed by atoms with Crippen molar-refractivity contribution in [1.29, 1.82) is 0 Å². The summed E-state index contributed by atoms with van der Waals surface area (Å²) in [7, 11) is 0. The van der Waals surface area contributed by atoms with Crippen LogP contribution in [0.3, 0.4) is 0 Å². The van der Waals surface area contributed by atoms with Gasteiger partial charge in [-0.05, 0) is 32.1 Å². The first-order valence-electron chi connectivity index (χ1n) is 5.21. The van der Waals surface area contributed by atoms with Gasteiger partial charge in [0, 0.05) is 18.1 Å². The van der Waals surface area contributed by atoms with Gasteiger partial charge in [-0.2, -0.15) is 0 Å². The van der Waals surface area contributed by atoms with Crippen molar-refractivity contribution in [2.45, 2.75) is 43.7 Å². The summed E-state index contributed by atoms with van der Waals surface area (Å²) in [6.07, 6.45) is 6.00. The smallest absolute Gasteiger partial charge is 0.307 e. The van der Waals surface area contributed by atoms with Crippen LogP contribution in [-0.4, -0.2) is 34.1 Å². The first-order chi connectivity index (χ1) is 6.21. The molecule has 3 rings (SSSR count). The van der Waals surface area contributed by atoms with Gasteiger partial charge in [0.25, 0.3) is 0 Å². The third-order valence-electron chi connectivity index (χ3n) is 3.82. The van der Waals surface area contributed by atoms with Gasteiger partial charge in [-0.3, -0.25) is 9.69 Å². The number of hydrogen-bond donors (Lipinski definition) is 1. The second kappa shape index (κ2) is 2.27. The number of aliphatic carboxylic acids is 1. The molecule has 0 aromatic heterocycles. The maximum atomic E-state index is 10.9. The van der Waals surface area contributed by atoms with Gasteiger partial charge in [0.15, 0.2) is 0 Å². The first kappa shape index (κ1) is 7.80. The zero-order valence-electron chi connectivity index (χ0n) is 7.70. The SMILES string of the molecule is O=C(O)C1CN(C2CC2)C2(CC2)C1. The Morgan fingerprint density at radius 1 is 1.38 bits per heavy atom. The molecule has 3 heteroatoms. The fourth-order valence-corrected chi connectivity index (χ4v) is 2.80. The number of carbonyl (C=O) groups is 1. The number of rotatable bonds is 2.